The number of rotatable bonds is 5. The molecule has 3 rings (SSSR count). The number of nitrogens with one attached hydrogen (secondary N) is 1. The SMILES string of the molecule is CC[C@@H](NC(=O)c1cccc(-c2cnn(C)c2)c1)c1cnn(C)c1. The third-order valence-corrected chi connectivity index (χ3v) is 4.00. The number of benzene rings is 1. The van der Waals surface area contributed by atoms with Gasteiger partial charge in [-0.1, -0.05) is 19.1 Å². The molecule has 1 aromatic carbocycles. The summed E-state index contributed by atoms with van der Waals surface area (Å²) in [5, 5.41) is 11.4. The lowest BCUT2D eigenvalue weighted by atomic mass is 10.0. The van der Waals surface area contributed by atoms with Crippen LogP contribution in [0.25, 0.3) is 11.1 Å². The molecule has 0 saturated carbocycles. The Labute approximate surface area is 141 Å². The van der Waals surface area contributed by atoms with Crippen LogP contribution in [-0.2, 0) is 14.1 Å². The van der Waals surface area contributed by atoms with Crippen molar-refractivity contribution in [2.45, 2.75) is 19.4 Å². The molecular formula is C18H21N5O. The number of hydrogen-bond acceptors (Lipinski definition) is 3. The maximum Gasteiger partial charge on any atom is 0.251 e. The molecule has 1 N–H and O–H groups in total. The van der Waals surface area contributed by atoms with Crippen LogP contribution in [0, 0.1) is 0 Å². The van der Waals surface area contributed by atoms with E-state index in [0.717, 1.165) is 23.1 Å². The fraction of sp³-hybridized carbons (Fsp3) is 0.278. The second-order valence-corrected chi connectivity index (χ2v) is 5.87. The molecule has 6 nitrogen and oxygen atoms in total. The van der Waals surface area contributed by atoms with Crippen LogP contribution in [0.1, 0.15) is 35.3 Å². The van der Waals surface area contributed by atoms with Gasteiger partial charge in [-0.25, -0.2) is 0 Å². The Bertz CT molecular complexity index is 848. The molecule has 0 aliphatic heterocycles. The van der Waals surface area contributed by atoms with Crippen molar-refractivity contribution in [2.75, 3.05) is 0 Å². The summed E-state index contributed by atoms with van der Waals surface area (Å²) in [7, 11) is 3.75. The molecule has 3 aromatic rings. The monoisotopic (exact) mass is 323 g/mol. The summed E-state index contributed by atoms with van der Waals surface area (Å²) in [6, 6.07) is 7.54. The highest BCUT2D eigenvalue weighted by Crippen LogP contribution is 2.21. The highest BCUT2D eigenvalue weighted by molar-refractivity contribution is 5.95. The molecule has 6 heteroatoms. The molecule has 0 aliphatic rings. The van der Waals surface area contributed by atoms with E-state index in [0.29, 0.717) is 5.56 Å². The van der Waals surface area contributed by atoms with Crippen molar-refractivity contribution in [1.29, 1.82) is 0 Å². The maximum atomic E-state index is 12.6. The van der Waals surface area contributed by atoms with Crippen molar-refractivity contribution in [2.24, 2.45) is 14.1 Å². The lowest BCUT2D eigenvalue weighted by molar-refractivity contribution is 0.0935. The highest BCUT2D eigenvalue weighted by Gasteiger charge is 2.16. The van der Waals surface area contributed by atoms with Gasteiger partial charge in [-0.3, -0.25) is 14.2 Å². The fourth-order valence-electron chi connectivity index (χ4n) is 2.69. The maximum absolute atomic E-state index is 12.6. The zero-order valence-electron chi connectivity index (χ0n) is 14.1. The summed E-state index contributed by atoms with van der Waals surface area (Å²) in [4.78, 5) is 12.6. The van der Waals surface area contributed by atoms with Gasteiger partial charge in [-0.2, -0.15) is 10.2 Å². The van der Waals surface area contributed by atoms with Gasteiger partial charge >= 0.3 is 0 Å². The molecule has 0 bridgehead atoms. The van der Waals surface area contributed by atoms with Crippen LogP contribution in [0.4, 0.5) is 0 Å². The average Bonchev–Trinajstić information content (AvgIpc) is 3.21. The second kappa shape index (κ2) is 6.70. The van der Waals surface area contributed by atoms with E-state index in [1.54, 1.807) is 21.8 Å². The molecule has 1 atom stereocenters. The van der Waals surface area contributed by atoms with E-state index in [4.69, 9.17) is 0 Å². The van der Waals surface area contributed by atoms with Crippen molar-refractivity contribution in [3.05, 3.63) is 60.2 Å². The molecule has 0 fully saturated rings. The van der Waals surface area contributed by atoms with Gasteiger partial charge in [0, 0.05) is 43.2 Å². The molecule has 0 saturated heterocycles. The van der Waals surface area contributed by atoms with Gasteiger partial charge in [-0.05, 0) is 24.1 Å². The average molecular weight is 323 g/mol. The minimum absolute atomic E-state index is 0.0479. The first kappa shape index (κ1) is 16.0. The second-order valence-electron chi connectivity index (χ2n) is 5.87. The van der Waals surface area contributed by atoms with Gasteiger partial charge in [0.05, 0.1) is 18.4 Å². The normalized spacial score (nSPS) is 12.1. The van der Waals surface area contributed by atoms with Crippen molar-refractivity contribution >= 4 is 5.91 Å². The molecule has 0 aliphatic carbocycles. The number of nitrogens with zero attached hydrogens (tertiary/aromatic N) is 4. The van der Waals surface area contributed by atoms with Crippen LogP contribution >= 0.6 is 0 Å². The van der Waals surface area contributed by atoms with Gasteiger partial charge in [0.25, 0.3) is 5.91 Å². The molecule has 0 spiro atoms. The van der Waals surface area contributed by atoms with Crippen molar-refractivity contribution in [1.82, 2.24) is 24.9 Å². The van der Waals surface area contributed by atoms with E-state index < -0.39 is 0 Å². The fourth-order valence-corrected chi connectivity index (χ4v) is 2.69. The Morgan fingerprint density at radius 2 is 1.88 bits per heavy atom. The molecule has 24 heavy (non-hydrogen) atoms. The summed E-state index contributed by atoms with van der Waals surface area (Å²) in [6.07, 6.45) is 8.25. The Hall–Kier alpha value is -2.89. The number of aryl methyl sites for hydroxylation is 2. The van der Waals surface area contributed by atoms with Crippen LogP contribution in [-0.4, -0.2) is 25.5 Å². The van der Waals surface area contributed by atoms with Gasteiger partial charge in [0.2, 0.25) is 0 Å². The van der Waals surface area contributed by atoms with Crippen molar-refractivity contribution < 1.29 is 4.79 Å². The zero-order chi connectivity index (χ0) is 17.1. The molecule has 124 valence electrons. The van der Waals surface area contributed by atoms with E-state index >= 15 is 0 Å². The molecule has 1 amide bonds. The van der Waals surface area contributed by atoms with Crippen LogP contribution in [0.15, 0.2) is 49.1 Å². The number of amides is 1. The summed E-state index contributed by atoms with van der Waals surface area (Å²) in [6.45, 7) is 2.05. The zero-order valence-corrected chi connectivity index (χ0v) is 14.1. The Morgan fingerprint density at radius 3 is 2.50 bits per heavy atom. The molecule has 2 aromatic heterocycles. The quantitative estimate of drug-likeness (QED) is 0.785. The summed E-state index contributed by atoms with van der Waals surface area (Å²) >= 11 is 0. The van der Waals surface area contributed by atoms with Gasteiger partial charge in [-0.15, -0.1) is 0 Å². The minimum atomic E-state index is -0.0866. The largest absolute Gasteiger partial charge is 0.345 e. The van der Waals surface area contributed by atoms with Crippen molar-refractivity contribution in [3.63, 3.8) is 0 Å². The van der Waals surface area contributed by atoms with Crippen LogP contribution in [0.5, 0.6) is 0 Å². The molecular weight excluding hydrogens is 302 g/mol. The van der Waals surface area contributed by atoms with Crippen LogP contribution < -0.4 is 5.32 Å². The number of carbonyl (C=O) groups excluding carboxylic acids is 1. The molecule has 0 radical (unpaired) electrons. The lowest BCUT2D eigenvalue weighted by Crippen LogP contribution is -2.27. The third-order valence-electron chi connectivity index (χ3n) is 4.00. The summed E-state index contributed by atoms with van der Waals surface area (Å²) in [5.41, 5.74) is 3.62. The highest BCUT2D eigenvalue weighted by atomic mass is 16.1. The van der Waals surface area contributed by atoms with Gasteiger partial charge < -0.3 is 5.32 Å². The predicted molar refractivity (Wildman–Crippen MR) is 92.4 cm³/mol. The lowest BCUT2D eigenvalue weighted by Gasteiger charge is -2.15. The van der Waals surface area contributed by atoms with E-state index in [2.05, 4.69) is 15.5 Å². The van der Waals surface area contributed by atoms with Crippen LogP contribution in [0.3, 0.4) is 0 Å². The topological polar surface area (TPSA) is 64.7 Å². The molecule has 2 heterocycles. The molecule has 0 unspecified atom stereocenters. The first-order valence-electron chi connectivity index (χ1n) is 7.95. The Morgan fingerprint density at radius 1 is 1.12 bits per heavy atom. The smallest absolute Gasteiger partial charge is 0.251 e. The van der Waals surface area contributed by atoms with E-state index in [9.17, 15) is 4.79 Å². The number of hydrogen-bond donors (Lipinski definition) is 1. The summed E-state index contributed by atoms with van der Waals surface area (Å²) in [5.74, 6) is -0.0866. The number of carbonyl (C=O) groups is 1. The Kier molecular flexibility index (Phi) is 4.46. The predicted octanol–water partition coefficient (Wildman–Crippen LogP) is 2.70. The number of aromatic nitrogens is 4. The van der Waals surface area contributed by atoms with Gasteiger partial charge in [0.1, 0.15) is 0 Å². The first-order chi connectivity index (χ1) is 11.6. The first-order valence-corrected chi connectivity index (χ1v) is 7.95. The van der Waals surface area contributed by atoms with Gasteiger partial charge in [0.15, 0.2) is 0 Å². The Balaban J connectivity index is 1.79. The summed E-state index contributed by atoms with van der Waals surface area (Å²) < 4.78 is 3.49. The third kappa shape index (κ3) is 3.37. The van der Waals surface area contributed by atoms with E-state index in [1.807, 2.05) is 57.7 Å². The van der Waals surface area contributed by atoms with Crippen LogP contribution in [0.2, 0.25) is 0 Å². The van der Waals surface area contributed by atoms with E-state index in [1.165, 1.54) is 0 Å². The van der Waals surface area contributed by atoms with E-state index in [-0.39, 0.29) is 11.9 Å². The standard InChI is InChI=1S/C18H21N5O/c1-4-17(16-10-20-23(3)12-16)21-18(24)14-7-5-6-13(8-14)15-9-19-22(2)11-15/h5-12,17H,4H2,1-3H3,(H,21,24)/t17-/m1/s1. The van der Waals surface area contributed by atoms with Crippen molar-refractivity contribution in [3.8, 4) is 11.1 Å². The minimum Gasteiger partial charge on any atom is -0.345 e.